The van der Waals surface area contributed by atoms with Crippen LogP contribution in [0.3, 0.4) is 0 Å². The summed E-state index contributed by atoms with van der Waals surface area (Å²) in [6.07, 6.45) is 1.93. The number of carbonyl (C=O) groups excluding carboxylic acids is 1. The highest BCUT2D eigenvalue weighted by Crippen LogP contribution is 2.33. The lowest BCUT2D eigenvalue weighted by Gasteiger charge is -2.31. The van der Waals surface area contributed by atoms with Gasteiger partial charge in [0.25, 0.3) is 0 Å². The minimum atomic E-state index is -0.442. The van der Waals surface area contributed by atoms with Gasteiger partial charge in [0.15, 0.2) is 0 Å². The maximum absolute atomic E-state index is 12.8. The van der Waals surface area contributed by atoms with Gasteiger partial charge in [-0.05, 0) is 38.8 Å². The van der Waals surface area contributed by atoms with Crippen molar-refractivity contribution < 1.29 is 9.72 Å². The summed E-state index contributed by atoms with van der Waals surface area (Å²) in [5, 5.41) is 16.4. The molecule has 1 atom stereocenters. The summed E-state index contributed by atoms with van der Waals surface area (Å²) in [6.45, 7) is 4.57. The number of carbonyl (C=O) groups is 1. The number of hydrogen-bond acceptors (Lipinski definition) is 6. The highest BCUT2D eigenvalue weighted by molar-refractivity contribution is 7.18. The molecule has 3 heterocycles. The summed E-state index contributed by atoms with van der Waals surface area (Å²) >= 11 is 1.69. The first-order chi connectivity index (χ1) is 13.4. The lowest BCUT2D eigenvalue weighted by molar-refractivity contribution is -0.386. The van der Waals surface area contributed by atoms with Gasteiger partial charge in [0.2, 0.25) is 5.91 Å². The first-order valence-corrected chi connectivity index (χ1v) is 10.1. The first-order valence-electron chi connectivity index (χ1n) is 9.25. The molecule has 28 heavy (non-hydrogen) atoms. The van der Waals surface area contributed by atoms with E-state index in [0.717, 1.165) is 28.1 Å². The molecule has 1 aliphatic rings. The number of hydrogen-bond donors (Lipinski definition) is 0. The maximum Gasteiger partial charge on any atom is 0.312 e. The normalized spacial score (nSPS) is 17.2. The monoisotopic (exact) mass is 399 g/mol. The zero-order chi connectivity index (χ0) is 19.8. The van der Waals surface area contributed by atoms with Gasteiger partial charge < -0.3 is 4.90 Å². The lowest BCUT2D eigenvalue weighted by atomic mass is 9.98. The van der Waals surface area contributed by atoms with Gasteiger partial charge in [0.1, 0.15) is 17.9 Å². The Kier molecular flexibility index (Phi) is 4.84. The van der Waals surface area contributed by atoms with Gasteiger partial charge in [-0.3, -0.25) is 19.6 Å². The molecule has 1 fully saturated rings. The number of likely N-dealkylation sites (tertiary alicyclic amines) is 1. The predicted octanol–water partition coefficient (Wildman–Crippen LogP) is 3.42. The van der Waals surface area contributed by atoms with Crippen molar-refractivity contribution in [3.05, 3.63) is 50.8 Å². The fourth-order valence-corrected chi connectivity index (χ4v) is 4.90. The second kappa shape index (κ2) is 7.31. The van der Waals surface area contributed by atoms with Crippen LogP contribution >= 0.6 is 11.3 Å². The summed E-state index contributed by atoms with van der Waals surface area (Å²) in [7, 11) is 0. The van der Waals surface area contributed by atoms with E-state index in [1.165, 1.54) is 4.68 Å². The topological polar surface area (TPSA) is 94.2 Å². The standard InChI is InChI=1S/C19H21N5O3S/c1-12-18(24(26)27)13(2)23(21-12)11-17(25)22-9-5-6-14(10-22)19-20-15-7-3-4-8-16(15)28-19/h3-4,7-8,14H,5-6,9-11H2,1-2H3/t14-/m0/s1. The molecule has 1 aliphatic heterocycles. The summed E-state index contributed by atoms with van der Waals surface area (Å²) in [5.41, 5.74) is 1.73. The summed E-state index contributed by atoms with van der Waals surface area (Å²) < 4.78 is 2.60. The zero-order valence-electron chi connectivity index (χ0n) is 15.8. The minimum absolute atomic E-state index is 0.0150. The van der Waals surface area contributed by atoms with Crippen LogP contribution in [0.2, 0.25) is 0 Å². The minimum Gasteiger partial charge on any atom is -0.340 e. The van der Waals surface area contributed by atoms with E-state index in [0.29, 0.717) is 24.5 Å². The lowest BCUT2D eigenvalue weighted by Crippen LogP contribution is -2.41. The predicted molar refractivity (Wildman–Crippen MR) is 107 cm³/mol. The molecular weight excluding hydrogens is 378 g/mol. The number of fused-ring (bicyclic) bond motifs is 1. The Bertz CT molecular complexity index is 1020. The molecule has 1 saturated heterocycles. The van der Waals surface area contributed by atoms with Gasteiger partial charge in [-0.1, -0.05) is 12.1 Å². The largest absolute Gasteiger partial charge is 0.340 e. The van der Waals surface area contributed by atoms with E-state index in [1.54, 1.807) is 25.2 Å². The van der Waals surface area contributed by atoms with E-state index < -0.39 is 4.92 Å². The van der Waals surface area contributed by atoms with Crippen molar-refractivity contribution in [1.29, 1.82) is 0 Å². The molecule has 3 aromatic rings. The van der Waals surface area contributed by atoms with Crippen LogP contribution < -0.4 is 0 Å². The van der Waals surface area contributed by atoms with E-state index >= 15 is 0 Å². The quantitative estimate of drug-likeness (QED) is 0.495. The highest BCUT2D eigenvalue weighted by Gasteiger charge is 2.29. The van der Waals surface area contributed by atoms with Crippen molar-refractivity contribution in [2.75, 3.05) is 13.1 Å². The van der Waals surface area contributed by atoms with Gasteiger partial charge in [0, 0.05) is 19.0 Å². The van der Waals surface area contributed by atoms with Crippen LogP contribution in [-0.4, -0.2) is 43.6 Å². The molecule has 1 aromatic carbocycles. The number of rotatable bonds is 4. The molecule has 0 saturated carbocycles. The molecule has 0 radical (unpaired) electrons. The molecule has 0 unspecified atom stereocenters. The van der Waals surface area contributed by atoms with Gasteiger partial charge in [-0.25, -0.2) is 4.98 Å². The van der Waals surface area contributed by atoms with Crippen molar-refractivity contribution >= 4 is 33.1 Å². The molecule has 0 N–H and O–H groups in total. The number of nitrogens with zero attached hydrogens (tertiary/aromatic N) is 5. The smallest absolute Gasteiger partial charge is 0.312 e. The van der Waals surface area contributed by atoms with Crippen LogP contribution in [0.1, 0.15) is 35.2 Å². The summed E-state index contributed by atoms with van der Waals surface area (Å²) in [5.74, 6) is 0.163. The number of benzene rings is 1. The Morgan fingerprint density at radius 1 is 1.36 bits per heavy atom. The van der Waals surface area contributed by atoms with Crippen LogP contribution in [0.25, 0.3) is 10.2 Å². The fraction of sp³-hybridized carbons (Fsp3) is 0.421. The highest BCUT2D eigenvalue weighted by atomic mass is 32.1. The van der Waals surface area contributed by atoms with Crippen LogP contribution in [0.5, 0.6) is 0 Å². The Labute approximate surface area is 165 Å². The molecule has 0 aliphatic carbocycles. The van der Waals surface area contributed by atoms with Gasteiger partial charge in [-0.2, -0.15) is 5.10 Å². The van der Waals surface area contributed by atoms with E-state index in [2.05, 4.69) is 11.2 Å². The van der Waals surface area contributed by atoms with Crippen LogP contribution in [0.4, 0.5) is 5.69 Å². The Hall–Kier alpha value is -2.81. The maximum atomic E-state index is 12.8. The second-order valence-electron chi connectivity index (χ2n) is 7.13. The van der Waals surface area contributed by atoms with Gasteiger partial charge in [0.05, 0.1) is 20.1 Å². The number of piperidine rings is 1. The third kappa shape index (κ3) is 3.37. The number of thiazole rings is 1. The molecule has 0 bridgehead atoms. The van der Waals surface area contributed by atoms with Gasteiger partial charge >= 0.3 is 5.69 Å². The van der Waals surface area contributed by atoms with Crippen molar-refractivity contribution in [2.24, 2.45) is 0 Å². The van der Waals surface area contributed by atoms with Gasteiger partial charge in [-0.15, -0.1) is 11.3 Å². The number of aryl methyl sites for hydroxylation is 1. The molecule has 0 spiro atoms. The molecule has 1 amide bonds. The van der Waals surface area contributed by atoms with E-state index in [4.69, 9.17) is 4.98 Å². The zero-order valence-corrected chi connectivity index (χ0v) is 16.6. The summed E-state index contributed by atoms with van der Waals surface area (Å²) in [6, 6.07) is 8.07. The van der Waals surface area contributed by atoms with E-state index in [-0.39, 0.29) is 24.1 Å². The number of aromatic nitrogens is 3. The molecule has 146 valence electrons. The molecule has 9 heteroatoms. The molecule has 2 aromatic heterocycles. The third-order valence-electron chi connectivity index (χ3n) is 5.24. The molecule has 8 nitrogen and oxygen atoms in total. The Balaban J connectivity index is 1.49. The van der Waals surface area contributed by atoms with Crippen molar-refractivity contribution in [3.8, 4) is 0 Å². The third-order valence-corrected chi connectivity index (χ3v) is 6.44. The second-order valence-corrected chi connectivity index (χ2v) is 8.20. The van der Waals surface area contributed by atoms with Crippen LogP contribution in [0.15, 0.2) is 24.3 Å². The van der Waals surface area contributed by atoms with Crippen LogP contribution in [-0.2, 0) is 11.3 Å². The van der Waals surface area contributed by atoms with Crippen molar-refractivity contribution in [1.82, 2.24) is 19.7 Å². The number of para-hydroxylation sites is 1. The average Bonchev–Trinajstić information content (AvgIpc) is 3.22. The molecular formula is C19H21N5O3S. The van der Waals surface area contributed by atoms with Crippen molar-refractivity contribution in [2.45, 2.75) is 39.2 Å². The summed E-state index contributed by atoms with van der Waals surface area (Å²) in [4.78, 5) is 30.2. The Morgan fingerprint density at radius 2 is 2.14 bits per heavy atom. The van der Waals surface area contributed by atoms with Crippen molar-refractivity contribution in [3.63, 3.8) is 0 Å². The number of nitro groups is 1. The molecule has 4 rings (SSSR count). The first kappa shape index (κ1) is 18.5. The average molecular weight is 399 g/mol. The fourth-order valence-electron chi connectivity index (χ4n) is 3.80. The Morgan fingerprint density at radius 3 is 2.86 bits per heavy atom. The SMILES string of the molecule is Cc1nn(CC(=O)N2CCC[C@H](c3nc4ccccc4s3)C2)c(C)c1[N+](=O)[O-]. The van der Waals surface area contributed by atoms with E-state index in [1.807, 2.05) is 23.1 Å². The number of amides is 1. The van der Waals surface area contributed by atoms with E-state index in [9.17, 15) is 14.9 Å². The van der Waals surface area contributed by atoms with Crippen LogP contribution in [0, 0.1) is 24.0 Å².